The SMILES string of the molecule is Cc1cccc(OCCOC(=O)C2CCN(C(=O)OC(C)(C)C)CC2)c1. The van der Waals surface area contributed by atoms with Crippen molar-refractivity contribution in [2.75, 3.05) is 26.3 Å². The molecule has 26 heavy (non-hydrogen) atoms. The largest absolute Gasteiger partial charge is 0.490 e. The molecule has 1 aromatic rings. The van der Waals surface area contributed by atoms with E-state index in [1.807, 2.05) is 52.0 Å². The van der Waals surface area contributed by atoms with Gasteiger partial charge in [0.2, 0.25) is 0 Å². The normalized spacial score (nSPS) is 15.5. The average molecular weight is 363 g/mol. The van der Waals surface area contributed by atoms with E-state index in [4.69, 9.17) is 14.2 Å². The number of esters is 1. The van der Waals surface area contributed by atoms with E-state index in [0.29, 0.717) is 32.5 Å². The van der Waals surface area contributed by atoms with Crippen molar-refractivity contribution in [2.45, 2.75) is 46.1 Å². The summed E-state index contributed by atoms with van der Waals surface area (Å²) in [7, 11) is 0. The van der Waals surface area contributed by atoms with Crippen molar-refractivity contribution in [3.05, 3.63) is 29.8 Å². The fourth-order valence-electron chi connectivity index (χ4n) is 2.75. The van der Waals surface area contributed by atoms with Crippen molar-refractivity contribution < 1.29 is 23.8 Å². The van der Waals surface area contributed by atoms with E-state index in [9.17, 15) is 9.59 Å². The Balaban J connectivity index is 1.66. The Morgan fingerprint density at radius 2 is 1.85 bits per heavy atom. The van der Waals surface area contributed by atoms with Gasteiger partial charge < -0.3 is 19.1 Å². The van der Waals surface area contributed by atoms with Crippen LogP contribution in [-0.2, 0) is 14.3 Å². The first-order chi connectivity index (χ1) is 12.2. The number of rotatable bonds is 5. The highest BCUT2D eigenvalue weighted by molar-refractivity contribution is 5.73. The molecule has 1 aliphatic rings. The molecule has 0 saturated carbocycles. The number of benzene rings is 1. The molecule has 0 N–H and O–H groups in total. The molecule has 1 fully saturated rings. The standard InChI is InChI=1S/C20H29NO5/c1-15-6-5-7-17(14-15)24-12-13-25-18(22)16-8-10-21(11-9-16)19(23)26-20(2,3)4/h5-7,14,16H,8-13H2,1-4H3. The van der Waals surface area contributed by atoms with Crippen LogP contribution in [0.3, 0.4) is 0 Å². The average Bonchev–Trinajstić information content (AvgIpc) is 2.57. The topological polar surface area (TPSA) is 65.1 Å². The summed E-state index contributed by atoms with van der Waals surface area (Å²) in [5, 5.41) is 0. The maximum Gasteiger partial charge on any atom is 0.410 e. The van der Waals surface area contributed by atoms with Gasteiger partial charge >= 0.3 is 12.1 Å². The van der Waals surface area contributed by atoms with Crippen molar-refractivity contribution in [3.63, 3.8) is 0 Å². The highest BCUT2D eigenvalue weighted by atomic mass is 16.6. The van der Waals surface area contributed by atoms with Gasteiger partial charge in [0.25, 0.3) is 0 Å². The zero-order chi connectivity index (χ0) is 19.2. The number of aryl methyl sites for hydroxylation is 1. The van der Waals surface area contributed by atoms with E-state index in [2.05, 4.69) is 0 Å². The molecule has 1 saturated heterocycles. The molecule has 0 atom stereocenters. The maximum absolute atomic E-state index is 12.2. The zero-order valence-electron chi connectivity index (χ0n) is 16.1. The van der Waals surface area contributed by atoms with Crippen LogP contribution in [0.1, 0.15) is 39.2 Å². The number of hydrogen-bond acceptors (Lipinski definition) is 5. The van der Waals surface area contributed by atoms with Gasteiger partial charge in [0, 0.05) is 13.1 Å². The van der Waals surface area contributed by atoms with Gasteiger partial charge in [0.1, 0.15) is 24.6 Å². The van der Waals surface area contributed by atoms with E-state index in [1.165, 1.54) is 0 Å². The highest BCUT2D eigenvalue weighted by Gasteiger charge is 2.30. The van der Waals surface area contributed by atoms with Crippen molar-refractivity contribution in [1.29, 1.82) is 0 Å². The smallest absolute Gasteiger partial charge is 0.410 e. The number of ether oxygens (including phenoxy) is 3. The van der Waals surface area contributed by atoms with Gasteiger partial charge in [-0.05, 0) is 58.2 Å². The first-order valence-electron chi connectivity index (χ1n) is 9.08. The summed E-state index contributed by atoms with van der Waals surface area (Å²) in [5.74, 6) is 0.376. The minimum Gasteiger partial charge on any atom is -0.490 e. The van der Waals surface area contributed by atoms with Crippen molar-refractivity contribution in [2.24, 2.45) is 5.92 Å². The van der Waals surface area contributed by atoms with Crippen LogP contribution in [0.2, 0.25) is 0 Å². The van der Waals surface area contributed by atoms with Crippen LogP contribution < -0.4 is 4.74 Å². The van der Waals surface area contributed by atoms with Gasteiger partial charge in [-0.25, -0.2) is 4.79 Å². The second kappa shape index (κ2) is 8.92. The minimum absolute atomic E-state index is 0.173. The third kappa shape index (κ3) is 6.58. The fraction of sp³-hybridized carbons (Fsp3) is 0.600. The van der Waals surface area contributed by atoms with E-state index in [0.717, 1.165) is 11.3 Å². The second-order valence-corrected chi connectivity index (χ2v) is 7.57. The van der Waals surface area contributed by atoms with Gasteiger partial charge in [0.15, 0.2) is 0 Å². The lowest BCUT2D eigenvalue weighted by Gasteiger charge is -2.32. The monoisotopic (exact) mass is 363 g/mol. The Kier molecular flexibility index (Phi) is 6.89. The number of hydrogen-bond donors (Lipinski definition) is 0. The molecule has 1 amide bonds. The Bertz CT molecular complexity index is 615. The first kappa shape index (κ1) is 20.1. The van der Waals surface area contributed by atoms with Gasteiger partial charge in [-0.1, -0.05) is 12.1 Å². The molecule has 0 unspecified atom stereocenters. The summed E-state index contributed by atoms with van der Waals surface area (Å²) >= 11 is 0. The number of likely N-dealkylation sites (tertiary alicyclic amines) is 1. The van der Waals surface area contributed by atoms with E-state index < -0.39 is 5.60 Å². The summed E-state index contributed by atoms with van der Waals surface area (Å²) in [4.78, 5) is 25.8. The summed E-state index contributed by atoms with van der Waals surface area (Å²) < 4.78 is 16.2. The van der Waals surface area contributed by atoms with Crippen LogP contribution in [0.25, 0.3) is 0 Å². The Morgan fingerprint density at radius 3 is 2.46 bits per heavy atom. The Morgan fingerprint density at radius 1 is 1.15 bits per heavy atom. The molecule has 6 heteroatoms. The molecule has 1 aliphatic heterocycles. The lowest BCUT2D eigenvalue weighted by Crippen LogP contribution is -2.43. The molecule has 0 bridgehead atoms. The molecule has 0 radical (unpaired) electrons. The molecule has 0 aromatic heterocycles. The van der Waals surface area contributed by atoms with Crippen molar-refractivity contribution in [1.82, 2.24) is 4.90 Å². The Hall–Kier alpha value is -2.24. The fourth-order valence-corrected chi connectivity index (χ4v) is 2.75. The van der Waals surface area contributed by atoms with Crippen LogP contribution in [0.4, 0.5) is 4.79 Å². The molecule has 1 heterocycles. The van der Waals surface area contributed by atoms with E-state index >= 15 is 0 Å². The zero-order valence-corrected chi connectivity index (χ0v) is 16.1. The highest BCUT2D eigenvalue weighted by Crippen LogP contribution is 2.21. The van der Waals surface area contributed by atoms with Gasteiger partial charge in [-0.2, -0.15) is 0 Å². The summed E-state index contributed by atoms with van der Waals surface area (Å²) in [6.07, 6.45) is 0.865. The molecular weight excluding hydrogens is 334 g/mol. The third-order valence-corrected chi connectivity index (χ3v) is 4.07. The van der Waals surface area contributed by atoms with Crippen LogP contribution in [0, 0.1) is 12.8 Å². The molecule has 144 valence electrons. The van der Waals surface area contributed by atoms with E-state index in [1.54, 1.807) is 4.90 Å². The Labute approximate surface area is 155 Å². The predicted molar refractivity (Wildman–Crippen MR) is 98.2 cm³/mol. The van der Waals surface area contributed by atoms with Crippen LogP contribution in [-0.4, -0.2) is 48.9 Å². The molecule has 0 spiro atoms. The van der Waals surface area contributed by atoms with Crippen LogP contribution >= 0.6 is 0 Å². The first-order valence-corrected chi connectivity index (χ1v) is 9.08. The van der Waals surface area contributed by atoms with Crippen molar-refractivity contribution >= 4 is 12.1 Å². The lowest BCUT2D eigenvalue weighted by atomic mass is 9.97. The van der Waals surface area contributed by atoms with Gasteiger partial charge in [-0.15, -0.1) is 0 Å². The second-order valence-electron chi connectivity index (χ2n) is 7.57. The molecule has 1 aromatic carbocycles. The number of piperidine rings is 1. The molecule has 0 aliphatic carbocycles. The number of carbonyl (C=O) groups is 2. The minimum atomic E-state index is -0.510. The number of nitrogens with zero attached hydrogens (tertiary/aromatic N) is 1. The molecular formula is C20H29NO5. The molecule has 2 rings (SSSR count). The molecule has 6 nitrogen and oxygen atoms in total. The van der Waals surface area contributed by atoms with Gasteiger partial charge in [0.05, 0.1) is 5.92 Å². The summed E-state index contributed by atoms with van der Waals surface area (Å²) in [6, 6.07) is 7.74. The van der Waals surface area contributed by atoms with Crippen molar-refractivity contribution in [3.8, 4) is 5.75 Å². The third-order valence-electron chi connectivity index (χ3n) is 4.07. The lowest BCUT2D eigenvalue weighted by molar-refractivity contribution is -0.150. The van der Waals surface area contributed by atoms with Crippen LogP contribution in [0.15, 0.2) is 24.3 Å². The van der Waals surface area contributed by atoms with Gasteiger partial charge in [-0.3, -0.25) is 4.79 Å². The number of carbonyl (C=O) groups excluding carboxylic acids is 2. The summed E-state index contributed by atoms with van der Waals surface area (Å²) in [5.41, 5.74) is 0.612. The summed E-state index contributed by atoms with van der Waals surface area (Å²) in [6.45, 7) is 9.08. The van der Waals surface area contributed by atoms with E-state index in [-0.39, 0.29) is 24.6 Å². The number of amides is 1. The maximum atomic E-state index is 12.2. The predicted octanol–water partition coefficient (Wildman–Crippen LogP) is 3.56. The quantitative estimate of drug-likeness (QED) is 0.591. The van der Waals surface area contributed by atoms with Crippen LogP contribution in [0.5, 0.6) is 5.75 Å².